The highest BCUT2D eigenvalue weighted by Crippen LogP contribution is 2.35. The van der Waals surface area contributed by atoms with Gasteiger partial charge in [-0.2, -0.15) is 0 Å². The molecule has 1 aromatic carbocycles. The normalized spacial score (nSPS) is 26.5. The zero-order valence-electron chi connectivity index (χ0n) is 10.5. The summed E-state index contributed by atoms with van der Waals surface area (Å²) in [5, 5.41) is 5.19. The Bertz CT molecular complexity index is 506. The van der Waals surface area contributed by atoms with E-state index in [1.807, 2.05) is 23.9 Å². The number of nitrogens with one attached hydrogen (secondary N) is 1. The minimum Gasteiger partial charge on any atom is -0.334 e. The van der Waals surface area contributed by atoms with Crippen LogP contribution in [-0.4, -0.2) is 17.0 Å². The number of hydrogen-bond donors (Lipinski definition) is 1. The van der Waals surface area contributed by atoms with Gasteiger partial charge in [0.25, 0.3) is 0 Å². The van der Waals surface area contributed by atoms with Gasteiger partial charge >= 0.3 is 0 Å². The van der Waals surface area contributed by atoms with Crippen LogP contribution in [0.25, 0.3) is 0 Å². The molecule has 3 rings (SSSR count). The van der Waals surface area contributed by atoms with Crippen LogP contribution in [0.4, 0.5) is 5.69 Å². The molecule has 19 heavy (non-hydrogen) atoms. The van der Waals surface area contributed by atoms with E-state index in [1.165, 1.54) is 31.4 Å². The van der Waals surface area contributed by atoms with Crippen molar-refractivity contribution in [3.05, 3.63) is 26.8 Å². The monoisotopic (exact) mass is 406 g/mol. The number of rotatable bonds is 1. The van der Waals surface area contributed by atoms with Gasteiger partial charge in [0.2, 0.25) is 0 Å². The summed E-state index contributed by atoms with van der Waals surface area (Å²) in [6.07, 6.45) is 5.30. The van der Waals surface area contributed by atoms with E-state index in [4.69, 9.17) is 16.6 Å². The number of thioether (sulfide) groups is 1. The Morgan fingerprint density at radius 1 is 1.32 bits per heavy atom. The lowest BCUT2D eigenvalue weighted by Gasteiger charge is -2.32. The van der Waals surface area contributed by atoms with Crippen LogP contribution in [0.2, 0.25) is 5.02 Å². The Labute approximate surface area is 136 Å². The van der Waals surface area contributed by atoms with E-state index in [9.17, 15) is 0 Å². The van der Waals surface area contributed by atoms with Gasteiger partial charge in [-0.25, -0.2) is 0 Å². The second kappa shape index (κ2) is 6.22. The van der Waals surface area contributed by atoms with Crippen molar-refractivity contribution in [1.29, 1.82) is 0 Å². The lowest BCUT2D eigenvalue weighted by atomic mass is 9.86. The highest BCUT2D eigenvalue weighted by Gasteiger charge is 2.29. The molecule has 1 aliphatic heterocycles. The maximum absolute atomic E-state index is 6.25. The third-order valence-electron chi connectivity index (χ3n) is 3.76. The van der Waals surface area contributed by atoms with Gasteiger partial charge in [0, 0.05) is 9.32 Å². The summed E-state index contributed by atoms with van der Waals surface area (Å²) < 4.78 is 1.15. The van der Waals surface area contributed by atoms with E-state index < -0.39 is 0 Å². The summed E-state index contributed by atoms with van der Waals surface area (Å²) in [5.41, 5.74) is 0.961. The zero-order valence-corrected chi connectivity index (χ0v) is 14.3. The largest absolute Gasteiger partial charge is 0.334 e. The van der Waals surface area contributed by atoms with Crippen LogP contribution in [-0.2, 0) is 0 Å². The predicted octanol–water partition coefficient (Wildman–Crippen LogP) is 5.02. The third kappa shape index (κ3) is 3.39. The van der Waals surface area contributed by atoms with Crippen molar-refractivity contribution in [2.75, 3.05) is 11.1 Å². The van der Waals surface area contributed by atoms with Gasteiger partial charge < -0.3 is 5.32 Å². The van der Waals surface area contributed by atoms with Crippen LogP contribution in [0.1, 0.15) is 25.7 Å². The Morgan fingerprint density at radius 2 is 2.16 bits per heavy atom. The van der Waals surface area contributed by atoms with E-state index in [1.54, 1.807) is 0 Å². The average Bonchev–Trinajstić information content (AvgIpc) is 2.42. The molecule has 2 aliphatic rings. The maximum atomic E-state index is 6.25. The van der Waals surface area contributed by atoms with Gasteiger partial charge in [0.1, 0.15) is 0 Å². The van der Waals surface area contributed by atoms with Gasteiger partial charge in [-0.1, -0.05) is 36.2 Å². The minimum absolute atomic E-state index is 0.528. The second-order valence-corrected chi connectivity index (χ2v) is 7.77. The van der Waals surface area contributed by atoms with Crippen LogP contribution < -0.4 is 5.32 Å². The summed E-state index contributed by atoms with van der Waals surface area (Å²) in [7, 11) is 0. The number of hydrogen-bond acceptors (Lipinski definition) is 3. The van der Waals surface area contributed by atoms with E-state index in [2.05, 4.69) is 34.0 Å². The fourth-order valence-electron chi connectivity index (χ4n) is 2.70. The molecule has 5 heteroatoms. The SMILES string of the molecule is Clc1cc(I)ccc1NC1=NC2CCCCC2CS1. The van der Waals surface area contributed by atoms with Gasteiger partial charge in [0.15, 0.2) is 5.17 Å². The van der Waals surface area contributed by atoms with Crippen molar-refractivity contribution < 1.29 is 0 Å². The van der Waals surface area contributed by atoms with Gasteiger partial charge in [-0.3, -0.25) is 4.99 Å². The molecule has 1 N–H and O–H groups in total. The van der Waals surface area contributed by atoms with Crippen molar-refractivity contribution in [3.8, 4) is 0 Å². The first-order valence-corrected chi connectivity index (χ1v) is 9.09. The molecule has 0 amide bonds. The highest BCUT2D eigenvalue weighted by molar-refractivity contribution is 14.1. The van der Waals surface area contributed by atoms with E-state index in [0.29, 0.717) is 6.04 Å². The van der Waals surface area contributed by atoms with E-state index in [0.717, 1.165) is 25.4 Å². The van der Waals surface area contributed by atoms with Gasteiger partial charge in [0.05, 0.1) is 16.8 Å². The quantitative estimate of drug-likeness (QED) is 0.662. The fraction of sp³-hybridized carbons (Fsp3) is 0.500. The summed E-state index contributed by atoms with van der Waals surface area (Å²) >= 11 is 10.4. The lowest BCUT2D eigenvalue weighted by Crippen LogP contribution is -2.31. The molecule has 1 saturated carbocycles. The summed E-state index contributed by atoms with van der Waals surface area (Å²) in [5.74, 6) is 1.98. The summed E-state index contributed by atoms with van der Waals surface area (Å²) in [4.78, 5) is 4.87. The number of benzene rings is 1. The van der Waals surface area contributed by atoms with Crippen LogP contribution in [0, 0.1) is 9.49 Å². The molecule has 0 spiro atoms. The van der Waals surface area contributed by atoms with E-state index in [-0.39, 0.29) is 0 Å². The average molecular weight is 407 g/mol. The molecular formula is C14H16ClIN2S. The molecule has 2 unspecified atom stereocenters. The molecule has 2 nitrogen and oxygen atoms in total. The van der Waals surface area contributed by atoms with Crippen molar-refractivity contribution in [2.24, 2.45) is 10.9 Å². The third-order valence-corrected chi connectivity index (χ3v) is 5.82. The molecule has 1 aromatic rings. The molecule has 102 valence electrons. The highest BCUT2D eigenvalue weighted by atomic mass is 127. The molecule has 0 bridgehead atoms. The van der Waals surface area contributed by atoms with Crippen LogP contribution in [0.5, 0.6) is 0 Å². The van der Waals surface area contributed by atoms with Gasteiger partial charge in [-0.15, -0.1) is 0 Å². The topological polar surface area (TPSA) is 24.4 Å². The van der Waals surface area contributed by atoms with Crippen molar-refractivity contribution in [1.82, 2.24) is 0 Å². The Morgan fingerprint density at radius 3 is 3.00 bits per heavy atom. The second-order valence-electron chi connectivity index (χ2n) is 5.11. The Hall–Kier alpha value is 0.0600. The van der Waals surface area contributed by atoms with E-state index >= 15 is 0 Å². The molecule has 0 aromatic heterocycles. The van der Waals surface area contributed by atoms with Crippen molar-refractivity contribution in [3.63, 3.8) is 0 Å². The molecular weight excluding hydrogens is 391 g/mol. The minimum atomic E-state index is 0.528. The van der Waals surface area contributed by atoms with Crippen molar-refractivity contribution in [2.45, 2.75) is 31.7 Å². The number of aliphatic imine (C=N–C) groups is 1. The van der Waals surface area contributed by atoms with Crippen molar-refractivity contribution >= 4 is 56.8 Å². The molecule has 0 saturated heterocycles. The smallest absolute Gasteiger partial charge is 0.161 e. The Balaban J connectivity index is 1.74. The standard InChI is InChI=1S/C14H16ClIN2S/c15-11-7-10(16)5-6-13(11)18-14-17-12-4-2-1-3-9(12)8-19-14/h5-7,9,12H,1-4,8H2,(H,17,18). The zero-order chi connectivity index (χ0) is 13.2. The number of anilines is 1. The molecule has 2 atom stereocenters. The molecule has 1 aliphatic carbocycles. The molecule has 1 heterocycles. The number of fused-ring (bicyclic) bond motifs is 1. The number of halogens is 2. The van der Waals surface area contributed by atoms with Crippen LogP contribution in [0.3, 0.4) is 0 Å². The number of nitrogens with zero attached hydrogens (tertiary/aromatic N) is 1. The summed E-state index contributed by atoms with van der Waals surface area (Å²) in [6.45, 7) is 0. The predicted molar refractivity (Wildman–Crippen MR) is 93.4 cm³/mol. The fourth-order valence-corrected chi connectivity index (χ4v) is 4.76. The first kappa shape index (κ1) is 14.0. The van der Waals surface area contributed by atoms with Gasteiger partial charge in [-0.05, 0) is 59.5 Å². The first-order chi connectivity index (χ1) is 9.22. The molecule has 1 fully saturated rings. The number of amidine groups is 1. The van der Waals surface area contributed by atoms with Crippen LogP contribution >= 0.6 is 46.0 Å². The Kier molecular flexibility index (Phi) is 4.59. The van der Waals surface area contributed by atoms with Crippen LogP contribution in [0.15, 0.2) is 23.2 Å². The lowest BCUT2D eigenvalue weighted by molar-refractivity contribution is 0.336. The first-order valence-electron chi connectivity index (χ1n) is 6.65. The summed E-state index contributed by atoms with van der Waals surface area (Å²) in [6, 6.07) is 6.59. The molecule has 0 radical (unpaired) electrons. The maximum Gasteiger partial charge on any atom is 0.161 e.